The number of piperazine rings is 1. The molecule has 0 saturated carbocycles. The maximum absolute atomic E-state index is 12.7. The van der Waals surface area contributed by atoms with E-state index in [1.807, 2.05) is 12.1 Å². The molecule has 3 aromatic heterocycles. The number of hydrogen-bond acceptors (Lipinski definition) is 10. The number of ether oxygens (including phenoxy) is 1. The second kappa shape index (κ2) is 9.53. The fourth-order valence-electron chi connectivity index (χ4n) is 3.25. The van der Waals surface area contributed by atoms with Crippen LogP contribution in [-0.4, -0.2) is 62.3 Å². The van der Waals surface area contributed by atoms with Crippen LogP contribution in [0.25, 0.3) is 0 Å². The standard InChI is InChI=1S/C21H27N9O2S/c1-21(2,3)17-27-28-19(33-17)26-20(31)30-11-9-29(10-12-30)16-15(5-4-7-23-16)32-13-14-6-8-24-18(22)25-14/h4-8H,9-13H2,1-3H3,(H2,22,24,25)(H,26,28,31). The largest absolute Gasteiger partial charge is 0.483 e. The van der Waals surface area contributed by atoms with E-state index < -0.39 is 0 Å². The van der Waals surface area contributed by atoms with Crippen LogP contribution in [0.3, 0.4) is 0 Å². The maximum atomic E-state index is 12.7. The van der Waals surface area contributed by atoms with Crippen molar-refractivity contribution in [3.8, 4) is 5.75 Å². The number of carbonyl (C=O) groups excluding carboxylic acids is 1. The molecule has 0 spiro atoms. The highest BCUT2D eigenvalue weighted by molar-refractivity contribution is 7.15. The zero-order valence-corrected chi connectivity index (χ0v) is 19.7. The minimum absolute atomic E-state index is 0.102. The van der Waals surface area contributed by atoms with Gasteiger partial charge in [0, 0.05) is 44.0 Å². The number of nitrogen functional groups attached to an aromatic ring is 1. The lowest BCUT2D eigenvalue weighted by Crippen LogP contribution is -2.50. The zero-order valence-electron chi connectivity index (χ0n) is 18.9. The van der Waals surface area contributed by atoms with E-state index in [2.05, 4.69) is 56.1 Å². The van der Waals surface area contributed by atoms with Crippen molar-refractivity contribution in [3.63, 3.8) is 0 Å². The first-order chi connectivity index (χ1) is 15.8. The Labute approximate surface area is 196 Å². The van der Waals surface area contributed by atoms with Gasteiger partial charge in [-0.05, 0) is 18.2 Å². The van der Waals surface area contributed by atoms with Crippen LogP contribution in [0, 0.1) is 0 Å². The Morgan fingerprint density at radius 2 is 1.94 bits per heavy atom. The van der Waals surface area contributed by atoms with Crippen molar-refractivity contribution in [1.82, 2.24) is 30.0 Å². The molecule has 174 valence electrons. The fraction of sp³-hybridized carbons (Fsp3) is 0.429. The van der Waals surface area contributed by atoms with Gasteiger partial charge in [0.1, 0.15) is 11.6 Å². The lowest BCUT2D eigenvalue weighted by atomic mass is 9.98. The summed E-state index contributed by atoms with van der Waals surface area (Å²) in [5, 5.41) is 12.5. The Morgan fingerprint density at radius 1 is 1.15 bits per heavy atom. The van der Waals surface area contributed by atoms with Gasteiger partial charge in [-0.15, -0.1) is 10.2 Å². The van der Waals surface area contributed by atoms with Gasteiger partial charge in [-0.2, -0.15) is 0 Å². The van der Waals surface area contributed by atoms with Gasteiger partial charge in [-0.1, -0.05) is 32.1 Å². The van der Waals surface area contributed by atoms with Crippen LogP contribution < -0.4 is 20.7 Å². The summed E-state index contributed by atoms with van der Waals surface area (Å²) < 4.78 is 5.96. The van der Waals surface area contributed by atoms with E-state index >= 15 is 0 Å². The number of anilines is 3. The van der Waals surface area contributed by atoms with Crippen molar-refractivity contribution in [1.29, 1.82) is 0 Å². The minimum atomic E-state index is -0.176. The van der Waals surface area contributed by atoms with Crippen LogP contribution >= 0.6 is 11.3 Å². The van der Waals surface area contributed by atoms with Crippen molar-refractivity contribution in [2.24, 2.45) is 0 Å². The van der Waals surface area contributed by atoms with Crippen LogP contribution in [0.5, 0.6) is 5.75 Å². The second-order valence-corrected chi connectivity index (χ2v) is 9.56. The van der Waals surface area contributed by atoms with Crippen LogP contribution in [0.15, 0.2) is 30.6 Å². The molecule has 2 amide bonds. The van der Waals surface area contributed by atoms with Crippen molar-refractivity contribution in [2.45, 2.75) is 32.8 Å². The Balaban J connectivity index is 1.34. The second-order valence-electron chi connectivity index (χ2n) is 8.59. The Morgan fingerprint density at radius 3 is 2.64 bits per heavy atom. The Bertz CT molecular complexity index is 1110. The molecule has 4 heterocycles. The molecule has 3 aromatic rings. The summed E-state index contributed by atoms with van der Waals surface area (Å²) >= 11 is 1.40. The van der Waals surface area contributed by atoms with E-state index in [4.69, 9.17) is 10.5 Å². The van der Waals surface area contributed by atoms with E-state index in [9.17, 15) is 4.79 Å². The van der Waals surface area contributed by atoms with Gasteiger partial charge in [0.25, 0.3) is 0 Å². The lowest BCUT2D eigenvalue weighted by molar-refractivity contribution is 0.207. The first kappa shape index (κ1) is 22.6. The topological polar surface area (TPSA) is 135 Å². The number of rotatable bonds is 5. The summed E-state index contributed by atoms with van der Waals surface area (Å²) in [7, 11) is 0. The first-order valence-electron chi connectivity index (χ1n) is 10.6. The third kappa shape index (κ3) is 5.64. The van der Waals surface area contributed by atoms with Crippen molar-refractivity contribution >= 4 is 34.3 Å². The van der Waals surface area contributed by atoms with Crippen molar-refractivity contribution in [2.75, 3.05) is 42.1 Å². The molecule has 0 radical (unpaired) electrons. The van der Waals surface area contributed by atoms with E-state index in [0.717, 1.165) is 10.8 Å². The number of nitrogens with zero attached hydrogens (tertiary/aromatic N) is 7. The highest BCUT2D eigenvalue weighted by atomic mass is 32.1. The van der Waals surface area contributed by atoms with Gasteiger partial charge >= 0.3 is 6.03 Å². The van der Waals surface area contributed by atoms with Crippen LogP contribution in [0.1, 0.15) is 31.5 Å². The lowest BCUT2D eigenvalue weighted by Gasteiger charge is -2.35. The molecule has 3 N–H and O–H groups in total. The SMILES string of the molecule is CC(C)(C)c1nnc(NC(=O)N2CCN(c3ncccc3OCc3ccnc(N)n3)CC2)s1. The molecule has 1 saturated heterocycles. The third-order valence-corrected chi connectivity index (χ3v) is 6.27. The highest BCUT2D eigenvalue weighted by Crippen LogP contribution is 2.29. The van der Waals surface area contributed by atoms with Crippen LogP contribution in [-0.2, 0) is 12.0 Å². The van der Waals surface area contributed by atoms with Gasteiger partial charge in [0.15, 0.2) is 11.6 Å². The highest BCUT2D eigenvalue weighted by Gasteiger charge is 2.25. The van der Waals surface area contributed by atoms with Crippen molar-refractivity contribution < 1.29 is 9.53 Å². The summed E-state index contributed by atoms with van der Waals surface area (Å²) in [5.41, 5.74) is 6.22. The molecule has 0 aliphatic carbocycles. The van der Waals surface area contributed by atoms with Gasteiger partial charge in [-0.25, -0.2) is 19.7 Å². The molecule has 0 unspecified atom stereocenters. The van der Waals surface area contributed by atoms with Crippen molar-refractivity contribution in [3.05, 3.63) is 41.3 Å². The number of urea groups is 1. The Hall–Kier alpha value is -3.54. The first-order valence-corrected chi connectivity index (χ1v) is 11.4. The molecule has 1 aliphatic rings. The molecule has 0 aromatic carbocycles. The number of aromatic nitrogens is 5. The summed E-state index contributed by atoms with van der Waals surface area (Å²) in [5.74, 6) is 1.59. The molecule has 1 fully saturated rings. The van der Waals surface area contributed by atoms with E-state index in [0.29, 0.717) is 42.8 Å². The molecule has 1 aliphatic heterocycles. The van der Waals surface area contributed by atoms with Gasteiger partial charge in [0.05, 0.1) is 5.69 Å². The predicted octanol–water partition coefficient (Wildman–Crippen LogP) is 2.54. The number of pyridine rings is 1. The molecular formula is C21H27N9O2S. The monoisotopic (exact) mass is 469 g/mol. The number of nitrogens with two attached hydrogens (primary N) is 1. The fourth-order valence-corrected chi connectivity index (χ4v) is 4.04. The molecule has 4 rings (SSSR count). The quantitative estimate of drug-likeness (QED) is 0.578. The molecular weight excluding hydrogens is 442 g/mol. The third-order valence-electron chi connectivity index (χ3n) is 5.01. The molecule has 0 bridgehead atoms. The van der Waals surface area contributed by atoms with Gasteiger partial charge < -0.3 is 20.3 Å². The number of amides is 2. The van der Waals surface area contributed by atoms with Crippen LogP contribution in [0.4, 0.5) is 21.7 Å². The molecule has 12 heteroatoms. The Kier molecular flexibility index (Phi) is 6.54. The number of nitrogens with one attached hydrogen (secondary N) is 1. The summed E-state index contributed by atoms with van der Waals surface area (Å²) in [6.07, 6.45) is 3.33. The molecule has 33 heavy (non-hydrogen) atoms. The predicted molar refractivity (Wildman–Crippen MR) is 126 cm³/mol. The average molecular weight is 470 g/mol. The summed E-state index contributed by atoms with van der Waals surface area (Å²) in [4.78, 5) is 29.1. The van der Waals surface area contributed by atoms with E-state index in [-0.39, 0.29) is 24.0 Å². The van der Waals surface area contributed by atoms with Crippen LogP contribution in [0.2, 0.25) is 0 Å². The molecule has 0 atom stereocenters. The van der Waals surface area contributed by atoms with Gasteiger partial charge in [-0.3, -0.25) is 5.32 Å². The average Bonchev–Trinajstić information content (AvgIpc) is 3.27. The molecule has 11 nitrogen and oxygen atoms in total. The number of hydrogen-bond donors (Lipinski definition) is 2. The van der Waals surface area contributed by atoms with E-state index in [1.54, 1.807) is 23.4 Å². The number of carbonyl (C=O) groups is 1. The summed E-state index contributed by atoms with van der Waals surface area (Å²) in [6, 6.07) is 5.27. The van der Waals surface area contributed by atoms with E-state index in [1.165, 1.54) is 11.3 Å². The summed E-state index contributed by atoms with van der Waals surface area (Å²) in [6.45, 7) is 8.82. The maximum Gasteiger partial charge on any atom is 0.323 e. The van der Waals surface area contributed by atoms with Gasteiger partial charge in [0.2, 0.25) is 11.1 Å². The zero-order chi connectivity index (χ0) is 23.4. The normalized spacial score (nSPS) is 14.3. The smallest absolute Gasteiger partial charge is 0.323 e. The minimum Gasteiger partial charge on any atom is -0.483 e.